The normalized spacial score (nSPS) is 11.4. The summed E-state index contributed by atoms with van der Waals surface area (Å²) in [5.41, 5.74) is 0. The lowest BCUT2D eigenvalue weighted by Gasteiger charge is -2.18. The molecule has 1 aromatic rings. The van der Waals surface area contributed by atoms with Crippen LogP contribution in [0.3, 0.4) is 0 Å². The van der Waals surface area contributed by atoms with Crippen molar-refractivity contribution in [2.75, 3.05) is 47.4 Å². The molecule has 0 unspecified atom stereocenters. The summed E-state index contributed by atoms with van der Waals surface area (Å²) < 4.78 is 6.78. The van der Waals surface area contributed by atoms with E-state index in [0.717, 1.165) is 44.4 Å². The maximum Gasteiger partial charge on any atom is 0.191 e. The molecule has 9 heteroatoms. The number of rotatable bonds is 9. The van der Waals surface area contributed by atoms with Gasteiger partial charge in [0.2, 0.25) is 0 Å². The monoisotopic (exact) mass is 425 g/mol. The number of hydrogen-bond acceptors (Lipinski definition) is 5. The number of methoxy groups -OCH3 is 1. The van der Waals surface area contributed by atoms with E-state index in [1.54, 1.807) is 25.2 Å². The van der Waals surface area contributed by atoms with Crippen molar-refractivity contribution in [2.24, 2.45) is 12.0 Å². The SMILES string of the molecule is CN=C(NCCN(C)CCCOC)NCc1ncnn1C.I. The molecular weight excluding hydrogens is 397 g/mol. The van der Waals surface area contributed by atoms with Gasteiger partial charge in [-0.2, -0.15) is 5.10 Å². The Morgan fingerprint density at radius 1 is 1.41 bits per heavy atom. The Balaban J connectivity index is 0.00000441. The molecule has 8 nitrogen and oxygen atoms in total. The van der Waals surface area contributed by atoms with E-state index in [1.165, 1.54) is 0 Å². The van der Waals surface area contributed by atoms with Gasteiger partial charge in [-0.1, -0.05) is 0 Å². The molecular formula is C13H28IN7O. The highest BCUT2D eigenvalue weighted by atomic mass is 127. The van der Waals surface area contributed by atoms with Crippen LogP contribution in [0.5, 0.6) is 0 Å². The Labute approximate surface area is 149 Å². The average Bonchev–Trinajstić information content (AvgIpc) is 2.88. The van der Waals surface area contributed by atoms with Crippen molar-refractivity contribution in [1.29, 1.82) is 0 Å². The van der Waals surface area contributed by atoms with E-state index in [-0.39, 0.29) is 24.0 Å². The lowest BCUT2D eigenvalue weighted by Crippen LogP contribution is -2.41. The largest absolute Gasteiger partial charge is 0.385 e. The van der Waals surface area contributed by atoms with Crippen molar-refractivity contribution in [3.63, 3.8) is 0 Å². The second-order valence-electron chi connectivity index (χ2n) is 4.80. The molecule has 0 atom stereocenters. The highest BCUT2D eigenvalue weighted by Crippen LogP contribution is 1.89. The molecule has 0 fully saturated rings. The standard InChI is InChI=1S/C13H27N7O.HI/c1-14-13(16-10-12-17-11-18-20(12)3)15-6-8-19(2)7-5-9-21-4;/h11H,5-10H2,1-4H3,(H2,14,15,16);1H. The first kappa shape index (κ1) is 21.1. The Morgan fingerprint density at radius 2 is 2.18 bits per heavy atom. The summed E-state index contributed by atoms with van der Waals surface area (Å²) in [6, 6.07) is 0. The van der Waals surface area contributed by atoms with Crippen LogP contribution in [-0.2, 0) is 18.3 Å². The van der Waals surface area contributed by atoms with Crippen LogP contribution in [0.25, 0.3) is 0 Å². The van der Waals surface area contributed by atoms with Gasteiger partial charge in [-0.15, -0.1) is 24.0 Å². The third-order valence-corrected chi connectivity index (χ3v) is 3.12. The van der Waals surface area contributed by atoms with Crippen molar-refractivity contribution < 1.29 is 4.74 Å². The fraction of sp³-hybridized carbons (Fsp3) is 0.769. The number of hydrogen-bond donors (Lipinski definition) is 2. The van der Waals surface area contributed by atoms with Crippen molar-refractivity contribution in [1.82, 2.24) is 30.3 Å². The van der Waals surface area contributed by atoms with Crippen molar-refractivity contribution in [3.8, 4) is 0 Å². The zero-order valence-electron chi connectivity index (χ0n) is 13.9. The molecule has 0 saturated heterocycles. The smallest absolute Gasteiger partial charge is 0.191 e. The van der Waals surface area contributed by atoms with Gasteiger partial charge >= 0.3 is 0 Å². The zero-order valence-corrected chi connectivity index (χ0v) is 16.2. The maximum absolute atomic E-state index is 5.04. The number of ether oxygens (including phenoxy) is 1. The molecule has 0 saturated carbocycles. The first-order valence-corrected chi connectivity index (χ1v) is 7.12. The minimum atomic E-state index is 0. The van der Waals surface area contributed by atoms with Gasteiger partial charge in [-0.05, 0) is 13.5 Å². The zero-order chi connectivity index (χ0) is 15.5. The number of aromatic nitrogens is 3. The molecule has 1 aromatic heterocycles. The van der Waals surface area contributed by atoms with Crippen LogP contribution in [0, 0.1) is 0 Å². The highest BCUT2D eigenvalue weighted by molar-refractivity contribution is 14.0. The number of nitrogens with one attached hydrogen (secondary N) is 2. The van der Waals surface area contributed by atoms with Crippen LogP contribution in [0.2, 0.25) is 0 Å². The highest BCUT2D eigenvalue weighted by Gasteiger charge is 2.03. The maximum atomic E-state index is 5.04. The topological polar surface area (TPSA) is 79.6 Å². The predicted molar refractivity (Wildman–Crippen MR) is 98.6 cm³/mol. The molecule has 0 amide bonds. The number of guanidine groups is 1. The lowest BCUT2D eigenvalue weighted by molar-refractivity contribution is 0.180. The Kier molecular flexibility index (Phi) is 12.1. The summed E-state index contributed by atoms with van der Waals surface area (Å²) >= 11 is 0. The van der Waals surface area contributed by atoms with E-state index >= 15 is 0 Å². The van der Waals surface area contributed by atoms with Crippen LogP contribution < -0.4 is 10.6 Å². The second-order valence-corrected chi connectivity index (χ2v) is 4.80. The molecule has 0 radical (unpaired) electrons. The van der Waals surface area contributed by atoms with Gasteiger partial charge in [0.05, 0.1) is 6.54 Å². The van der Waals surface area contributed by atoms with Gasteiger partial charge in [0.25, 0.3) is 0 Å². The summed E-state index contributed by atoms with van der Waals surface area (Å²) in [7, 11) is 7.46. The third kappa shape index (κ3) is 8.49. The summed E-state index contributed by atoms with van der Waals surface area (Å²) in [6.45, 7) is 4.22. The van der Waals surface area contributed by atoms with Crippen LogP contribution in [-0.4, -0.2) is 73.1 Å². The van der Waals surface area contributed by atoms with E-state index in [2.05, 4.69) is 37.7 Å². The van der Waals surface area contributed by atoms with Crippen LogP contribution >= 0.6 is 24.0 Å². The Morgan fingerprint density at radius 3 is 2.77 bits per heavy atom. The molecule has 0 aromatic carbocycles. The van der Waals surface area contributed by atoms with E-state index in [9.17, 15) is 0 Å². The number of likely N-dealkylation sites (N-methyl/N-ethyl adjacent to an activating group) is 1. The first-order valence-electron chi connectivity index (χ1n) is 7.12. The molecule has 128 valence electrons. The average molecular weight is 425 g/mol. The van der Waals surface area contributed by atoms with Gasteiger partial charge < -0.3 is 20.3 Å². The summed E-state index contributed by atoms with van der Waals surface area (Å²) in [6.07, 6.45) is 2.59. The summed E-state index contributed by atoms with van der Waals surface area (Å²) in [4.78, 5) is 10.6. The molecule has 0 aliphatic carbocycles. The molecule has 2 N–H and O–H groups in total. The van der Waals surface area contributed by atoms with Crippen LogP contribution in [0.1, 0.15) is 12.2 Å². The number of aryl methyl sites for hydroxylation is 1. The molecule has 0 aliphatic heterocycles. The molecule has 1 rings (SSSR count). The second kappa shape index (κ2) is 12.6. The van der Waals surface area contributed by atoms with Gasteiger partial charge in [0.1, 0.15) is 12.2 Å². The van der Waals surface area contributed by atoms with Crippen molar-refractivity contribution >= 4 is 29.9 Å². The number of halogens is 1. The Hall–Kier alpha value is -0.940. The minimum Gasteiger partial charge on any atom is -0.385 e. The first-order chi connectivity index (χ1) is 10.2. The van der Waals surface area contributed by atoms with Gasteiger partial charge in [-0.25, -0.2) is 4.98 Å². The summed E-state index contributed by atoms with van der Waals surface area (Å²) in [5.74, 6) is 1.64. The van der Waals surface area contributed by atoms with Crippen molar-refractivity contribution in [2.45, 2.75) is 13.0 Å². The quantitative estimate of drug-likeness (QED) is 0.252. The lowest BCUT2D eigenvalue weighted by atomic mass is 10.4. The third-order valence-electron chi connectivity index (χ3n) is 3.12. The van der Waals surface area contributed by atoms with E-state index in [4.69, 9.17) is 4.74 Å². The summed E-state index contributed by atoms with van der Waals surface area (Å²) in [5, 5.41) is 10.5. The van der Waals surface area contributed by atoms with Crippen LogP contribution in [0.4, 0.5) is 0 Å². The van der Waals surface area contributed by atoms with E-state index < -0.39 is 0 Å². The fourth-order valence-electron chi connectivity index (χ4n) is 1.82. The molecule has 0 bridgehead atoms. The molecule has 1 heterocycles. The van der Waals surface area contributed by atoms with Crippen molar-refractivity contribution in [3.05, 3.63) is 12.2 Å². The minimum absolute atomic E-state index is 0. The molecule has 0 aliphatic rings. The predicted octanol–water partition coefficient (Wildman–Crippen LogP) is 0.0664. The fourth-order valence-corrected chi connectivity index (χ4v) is 1.82. The van der Waals surface area contributed by atoms with Gasteiger partial charge in [0.15, 0.2) is 5.96 Å². The Bertz CT molecular complexity index is 424. The molecule has 22 heavy (non-hydrogen) atoms. The number of nitrogens with zero attached hydrogens (tertiary/aromatic N) is 5. The van der Waals surface area contributed by atoms with Crippen LogP contribution in [0.15, 0.2) is 11.3 Å². The van der Waals surface area contributed by atoms with E-state index in [0.29, 0.717) is 6.54 Å². The van der Waals surface area contributed by atoms with Gasteiger partial charge in [0, 0.05) is 47.4 Å². The molecule has 0 spiro atoms. The van der Waals surface area contributed by atoms with Gasteiger partial charge in [-0.3, -0.25) is 9.67 Å². The van der Waals surface area contributed by atoms with E-state index in [1.807, 2.05) is 7.05 Å². The number of aliphatic imine (C=N–C) groups is 1.